The lowest BCUT2D eigenvalue weighted by Gasteiger charge is -2.20. The maximum Gasteiger partial charge on any atom is 0.312 e. The van der Waals surface area contributed by atoms with Crippen molar-refractivity contribution < 1.29 is 14.6 Å². The van der Waals surface area contributed by atoms with Crippen molar-refractivity contribution in [2.24, 2.45) is 5.41 Å². The molecule has 0 amide bonds. The molecule has 0 heterocycles. The first-order valence-electron chi connectivity index (χ1n) is 5.56. The number of para-hydroxylation sites is 1. The Bertz CT molecular complexity index is 388. The van der Waals surface area contributed by atoms with Crippen LogP contribution in [0.15, 0.2) is 24.3 Å². The maximum absolute atomic E-state index is 11.0. The lowest BCUT2D eigenvalue weighted by atomic mass is 9.95. The Hall–Kier alpha value is -1.55. The van der Waals surface area contributed by atoms with E-state index < -0.39 is 11.4 Å². The van der Waals surface area contributed by atoms with Crippen LogP contribution in [-0.2, 0) is 11.3 Å². The van der Waals surface area contributed by atoms with Gasteiger partial charge in [-0.3, -0.25) is 4.79 Å². The smallest absolute Gasteiger partial charge is 0.312 e. The highest BCUT2D eigenvalue weighted by molar-refractivity contribution is 5.73. The second-order valence-corrected chi connectivity index (χ2v) is 4.62. The second kappa shape index (κ2) is 5.68. The predicted molar refractivity (Wildman–Crippen MR) is 66.1 cm³/mol. The molecule has 0 spiro atoms. The molecule has 4 nitrogen and oxygen atoms in total. The van der Waals surface area contributed by atoms with E-state index in [0.717, 1.165) is 11.3 Å². The van der Waals surface area contributed by atoms with Crippen molar-refractivity contribution in [1.29, 1.82) is 0 Å². The zero-order valence-electron chi connectivity index (χ0n) is 10.5. The van der Waals surface area contributed by atoms with E-state index >= 15 is 0 Å². The first kappa shape index (κ1) is 13.5. The third-order valence-electron chi connectivity index (χ3n) is 2.51. The Labute approximate surface area is 102 Å². The Morgan fingerprint density at radius 3 is 2.65 bits per heavy atom. The highest BCUT2D eigenvalue weighted by atomic mass is 16.5. The first-order valence-corrected chi connectivity index (χ1v) is 5.56. The number of hydrogen-bond donors (Lipinski definition) is 2. The van der Waals surface area contributed by atoms with E-state index in [1.54, 1.807) is 13.8 Å². The molecule has 0 fully saturated rings. The number of rotatable bonds is 6. The van der Waals surface area contributed by atoms with Gasteiger partial charge in [-0.25, -0.2) is 0 Å². The Balaban J connectivity index is 2.72. The fourth-order valence-electron chi connectivity index (χ4n) is 1.30. The van der Waals surface area contributed by atoms with Crippen molar-refractivity contribution in [3.63, 3.8) is 0 Å². The van der Waals surface area contributed by atoms with Gasteiger partial charge in [0.2, 0.25) is 0 Å². The summed E-state index contributed by atoms with van der Waals surface area (Å²) in [6, 6.07) is 7.62. The average Bonchev–Trinajstić information content (AvgIpc) is 2.28. The SMILES string of the molecule is CNCc1ccccc1OCC(C)(C)C(=O)O. The molecule has 0 atom stereocenters. The molecule has 4 heteroatoms. The molecule has 0 radical (unpaired) electrons. The summed E-state index contributed by atoms with van der Waals surface area (Å²) < 4.78 is 5.59. The minimum absolute atomic E-state index is 0.156. The van der Waals surface area contributed by atoms with Crippen LogP contribution in [0.4, 0.5) is 0 Å². The number of benzene rings is 1. The van der Waals surface area contributed by atoms with E-state index in [1.165, 1.54) is 0 Å². The number of carbonyl (C=O) groups is 1. The van der Waals surface area contributed by atoms with Crippen LogP contribution in [-0.4, -0.2) is 24.7 Å². The second-order valence-electron chi connectivity index (χ2n) is 4.62. The monoisotopic (exact) mass is 237 g/mol. The molecule has 1 rings (SSSR count). The minimum atomic E-state index is -0.882. The molecule has 0 bridgehead atoms. The number of aliphatic carboxylic acids is 1. The van der Waals surface area contributed by atoms with Gasteiger partial charge in [-0.15, -0.1) is 0 Å². The summed E-state index contributed by atoms with van der Waals surface area (Å²) in [6.45, 7) is 4.15. The van der Waals surface area contributed by atoms with Gasteiger partial charge in [-0.2, -0.15) is 0 Å². The molecule has 0 saturated heterocycles. The fraction of sp³-hybridized carbons (Fsp3) is 0.462. The molecular weight excluding hydrogens is 218 g/mol. The number of carboxylic acids is 1. The summed E-state index contributed by atoms with van der Waals surface area (Å²) in [5.41, 5.74) is 0.142. The van der Waals surface area contributed by atoms with Crippen LogP contribution in [0.5, 0.6) is 5.75 Å². The predicted octanol–water partition coefficient (Wildman–Crippen LogP) is 1.90. The summed E-state index contributed by atoms with van der Waals surface area (Å²) >= 11 is 0. The standard InChI is InChI=1S/C13H19NO3/c1-13(2,12(15)16)9-17-11-7-5-4-6-10(11)8-14-3/h4-7,14H,8-9H2,1-3H3,(H,15,16). The van der Waals surface area contributed by atoms with Gasteiger partial charge >= 0.3 is 5.97 Å². The molecule has 0 saturated carbocycles. The van der Waals surface area contributed by atoms with Crippen molar-refractivity contribution >= 4 is 5.97 Å². The molecule has 0 aliphatic carbocycles. The third-order valence-corrected chi connectivity index (χ3v) is 2.51. The quantitative estimate of drug-likeness (QED) is 0.793. The van der Waals surface area contributed by atoms with E-state index in [4.69, 9.17) is 9.84 Å². The Morgan fingerprint density at radius 2 is 2.06 bits per heavy atom. The lowest BCUT2D eigenvalue weighted by molar-refractivity contribution is -0.148. The topological polar surface area (TPSA) is 58.6 Å². The van der Waals surface area contributed by atoms with Crippen molar-refractivity contribution in [2.75, 3.05) is 13.7 Å². The normalized spacial score (nSPS) is 11.2. The molecule has 1 aromatic carbocycles. The van der Waals surface area contributed by atoms with Crippen LogP contribution in [0, 0.1) is 5.41 Å². The molecular formula is C13H19NO3. The molecule has 0 aromatic heterocycles. The van der Waals surface area contributed by atoms with Gasteiger partial charge in [-0.1, -0.05) is 18.2 Å². The third kappa shape index (κ3) is 3.75. The average molecular weight is 237 g/mol. The van der Waals surface area contributed by atoms with Crippen LogP contribution in [0.25, 0.3) is 0 Å². The van der Waals surface area contributed by atoms with E-state index in [-0.39, 0.29) is 6.61 Å². The molecule has 0 aliphatic heterocycles. The highest BCUT2D eigenvalue weighted by Gasteiger charge is 2.28. The van der Waals surface area contributed by atoms with E-state index in [1.807, 2.05) is 31.3 Å². The first-order chi connectivity index (χ1) is 7.97. The van der Waals surface area contributed by atoms with Crippen molar-refractivity contribution in [2.45, 2.75) is 20.4 Å². The van der Waals surface area contributed by atoms with Crippen molar-refractivity contribution in [1.82, 2.24) is 5.32 Å². The Kier molecular flexibility index (Phi) is 4.52. The molecule has 17 heavy (non-hydrogen) atoms. The summed E-state index contributed by atoms with van der Waals surface area (Å²) in [7, 11) is 1.86. The zero-order valence-corrected chi connectivity index (χ0v) is 10.5. The van der Waals surface area contributed by atoms with Gasteiger partial charge in [-0.05, 0) is 27.0 Å². The van der Waals surface area contributed by atoms with Gasteiger partial charge in [0.1, 0.15) is 12.4 Å². The summed E-state index contributed by atoms with van der Waals surface area (Å²) in [5.74, 6) is -0.125. The van der Waals surface area contributed by atoms with Crippen molar-refractivity contribution in [3.8, 4) is 5.75 Å². The van der Waals surface area contributed by atoms with Gasteiger partial charge in [0.25, 0.3) is 0 Å². The van der Waals surface area contributed by atoms with Gasteiger partial charge in [0.15, 0.2) is 0 Å². The van der Waals surface area contributed by atoms with Gasteiger partial charge in [0, 0.05) is 12.1 Å². The molecule has 94 valence electrons. The Morgan fingerprint density at radius 1 is 1.41 bits per heavy atom. The van der Waals surface area contributed by atoms with Crippen LogP contribution >= 0.6 is 0 Å². The molecule has 2 N–H and O–H groups in total. The zero-order chi connectivity index (χ0) is 12.9. The maximum atomic E-state index is 11.0. The van der Waals surface area contributed by atoms with E-state index in [0.29, 0.717) is 6.54 Å². The lowest BCUT2D eigenvalue weighted by Crippen LogP contribution is -2.30. The van der Waals surface area contributed by atoms with E-state index in [9.17, 15) is 4.79 Å². The number of nitrogens with one attached hydrogen (secondary N) is 1. The largest absolute Gasteiger partial charge is 0.492 e. The van der Waals surface area contributed by atoms with Crippen LogP contribution in [0.2, 0.25) is 0 Å². The molecule has 0 aliphatic rings. The summed E-state index contributed by atoms with van der Waals surface area (Å²) in [4.78, 5) is 11.0. The summed E-state index contributed by atoms with van der Waals surface area (Å²) in [5, 5.41) is 12.0. The number of ether oxygens (including phenoxy) is 1. The fourth-order valence-corrected chi connectivity index (χ4v) is 1.30. The van der Waals surface area contributed by atoms with Gasteiger partial charge < -0.3 is 15.2 Å². The van der Waals surface area contributed by atoms with Crippen molar-refractivity contribution in [3.05, 3.63) is 29.8 Å². The van der Waals surface area contributed by atoms with Crippen LogP contribution < -0.4 is 10.1 Å². The van der Waals surface area contributed by atoms with Gasteiger partial charge in [0.05, 0.1) is 5.41 Å². The number of hydrogen-bond acceptors (Lipinski definition) is 3. The summed E-state index contributed by atoms with van der Waals surface area (Å²) in [6.07, 6.45) is 0. The highest BCUT2D eigenvalue weighted by Crippen LogP contribution is 2.22. The van der Waals surface area contributed by atoms with E-state index in [2.05, 4.69) is 5.32 Å². The minimum Gasteiger partial charge on any atom is -0.492 e. The van der Waals surface area contributed by atoms with Crippen LogP contribution in [0.1, 0.15) is 19.4 Å². The molecule has 0 unspecified atom stereocenters. The number of carboxylic acid groups (broad SMARTS) is 1. The van der Waals surface area contributed by atoms with Crippen LogP contribution in [0.3, 0.4) is 0 Å². The molecule has 1 aromatic rings.